The van der Waals surface area contributed by atoms with Crippen LogP contribution in [-0.4, -0.2) is 34.7 Å². The summed E-state index contributed by atoms with van der Waals surface area (Å²) >= 11 is 0. The zero-order valence-corrected chi connectivity index (χ0v) is 12.7. The number of hydrogen-bond donors (Lipinski definition) is 3. The third-order valence-electron chi connectivity index (χ3n) is 3.31. The van der Waals surface area contributed by atoms with Crippen molar-refractivity contribution in [1.29, 1.82) is 0 Å². The number of aliphatic hydroxyl groups excluding tert-OH is 1. The van der Waals surface area contributed by atoms with Gasteiger partial charge in [0.25, 0.3) is 0 Å². The first kappa shape index (κ1) is 17.2. The quantitative estimate of drug-likeness (QED) is 0.712. The maximum absolute atomic E-state index is 12.0. The second-order valence-corrected chi connectivity index (χ2v) is 5.64. The molecule has 0 saturated heterocycles. The van der Waals surface area contributed by atoms with Crippen molar-refractivity contribution in [3.8, 4) is 0 Å². The van der Waals surface area contributed by atoms with E-state index in [2.05, 4.69) is 19.2 Å². The van der Waals surface area contributed by atoms with Crippen molar-refractivity contribution in [2.24, 2.45) is 5.92 Å². The highest BCUT2D eigenvalue weighted by Gasteiger charge is 2.22. The lowest BCUT2D eigenvalue weighted by molar-refractivity contribution is -0.143. The standard InChI is InChI=1S/C16H23NO4/c1-10(2)8-12-4-6-13(7-5-12)11(3)15(19)17-14(9-18)16(20)21/h4-7,10-11,14,18H,8-9H2,1-3H3,(H,17,19)(H,20,21)/t11?,14-/m0/s1. The zero-order chi connectivity index (χ0) is 16.0. The number of rotatable bonds is 7. The van der Waals surface area contributed by atoms with Crippen LogP contribution in [0.25, 0.3) is 0 Å². The van der Waals surface area contributed by atoms with Crippen molar-refractivity contribution in [2.45, 2.75) is 39.2 Å². The van der Waals surface area contributed by atoms with E-state index in [0.29, 0.717) is 5.92 Å². The Kier molecular flexibility index (Phi) is 6.37. The molecule has 0 spiro atoms. The summed E-state index contributed by atoms with van der Waals surface area (Å²) in [6.07, 6.45) is 0.979. The Balaban J connectivity index is 2.71. The summed E-state index contributed by atoms with van der Waals surface area (Å²) in [5.74, 6) is -1.55. The van der Waals surface area contributed by atoms with Crippen LogP contribution in [0.2, 0.25) is 0 Å². The molecule has 1 aromatic rings. The summed E-state index contributed by atoms with van der Waals surface area (Å²) in [7, 11) is 0. The minimum atomic E-state index is -1.26. The van der Waals surface area contributed by atoms with Gasteiger partial charge in [-0.05, 0) is 30.4 Å². The second-order valence-electron chi connectivity index (χ2n) is 5.64. The molecule has 1 rings (SSSR count). The van der Waals surface area contributed by atoms with Gasteiger partial charge >= 0.3 is 5.97 Å². The number of amides is 1. The van der Waals surface area contributed by atoms with Gasteiger partial charge in [0.15, 0.2) is 0 Å². The van der Waals surface area contributed by atoms with Crippen molar-refractivity contribution in [3.63, 3.8) is 0 Å². The predicted molar refractivity (Wildman–Crippen MR) is 80.1 cm³/mol. The Morgan fingerprint density at radius 3 is 2.14 bits per heavy atom. The lowest BCUT2D eigenvalue weighted by Gasteiger charge is -2.17. The Morgan fingerprint density at radius 2 is 1.71 bits per heavy atom. The van der Waals surface area contributed by atoms with E-state index in [1.165, 1.54) is 5.56 Å². The molecular weight excluding hydrogens is 270 g/mol. The number of hydrogen-bond acceptors (Lipinski definition) is 3. The minimum Gasteiger partial charge on any atom is -0.480 e. The molecule has 0 aliphatic rings. The van der Waals surface area contributed by atoms with Gasteiger partial charge in [-0.25, -0.2) is 4.79 Å². The van der Waals surface area contributed by atoms with Crippen LogP contribution in [0.15, 0.2) is 24.3 Å². The van der Waals surface area contributed by atoms with Gasteiger partial charge in [0.1, 0.15) is 6.04 Å². The second kappa shape index (κ2) is 7.78. The molecule has 0 fully saturated rings. The highest BCUT2D eigenvalue weighted by atomic mass is 16.4. The number of aliphatic carboxylic acids is 1. The molecular formula is C16H23NO4. The van der Waals surface area contributed by atoms with Gasteiger partial charge in [-0.1, -0.05) is 38.1 Å². The van der Waals surface area contributed by atoms with E-state index in [4.69, 9.17) is 10.2 Å². The van der Waals surface area contributed by atoms with E-state index in [9.17, 15) is 9.59 Å². The van der Waals surface area contributed by atoms with Crippen molar-refractivity contribution >= 4 is 11.9 Å². The van der Waals surface area contributed by atoms with E-state index < -0.39 is 30.4 Å². The first-order valence-electron chi connectivity index (χ1n) is 7.08. The fourth-order valence-corrected chi connectivity index (χ4v) is 2.05. The summed E-state index contributed by atoms with van der Waals surface area (Å²) < 4.78 is 0. The monoisotopic (exact) mass is 293 g/mol. The summed E-state index contributed by atoms with van der Waals surface area (Å²) in [5.41, 5.74) is 2.03. The van der Waals surface area contributed by atoms with Crippen LogP contribution in [0.5, 0.6) is 0 Å². The number of carboxylic acids is 1. The minimum absolute atomic E-state index is 0.409. The van der Waals surface area contributed by atoms with Gasteiger partial charge < -0.3 is 15.5 Å². The molecule has 0 aromatic heterocycles. The van der Waals surface area contributed by atoms with Crippen LogP contribution in [0.1, 0.15) is 37.8 Å². The molecule has 5 nitrogen and oxygen atoms in total. The summed E-state index contributed by atoms with van der Waals surface area (Å²) in [6, 6.07) is 6.48. The Bertz CT molecular complexity index is 482. The highest BCUT2D eigenvalue weighted by Crippen LogP contribution is 2.17. The molecule has 21 heavy (non-hydrogen) atoms. The Labute approximate surface area is 125 Å². The Hall–Kier alpha value is -1.88. The van der Waals surface area contributed by atoms with Crippen molar-refractivity contribution in [3.05, 3.63) is 35.4 Å². The van der Waals surface area contributed by atoms with Gasteiger partial charge in [-0.2, -0.15) is 0 Å². The normalized spacial score (nSPS) is 13.8. The van der Waals surface area contributed by atoms with Crippen LogP contribution >= 0.6 is 0 Å². The average Bonchev–Trinajstić information content (AvgIpc) is 2.43. The summed E-state index contributed by atoms with van der Waals surface area (Å²) in [4.78, 5) is 22.8. The predicted octanol–water partition coefficient (Wildman–Crippen LogP) is 1.55. The van der Waals surface area contributed by atoms with Crippen molar-refractivity contribution in [2.75, 3.05) is 6.61 Å². The molecule has 3 N–H and O–H groups in total. The molecule has 0 bridgehead atoms. The van der Waals surface area contributed by atoms with Crippen LogP contribution in [0.4, 0.5) is 0 Å². The molecule has 1 aromatic carbocycles. The molecule has 0 radical (unpaired) electrons. The third kappa shape index (κ3) is 5.19. The first-order valence-corrected chi connectivity index (χ1v) is 7.08. The lowest BCUT2D eigenvalue weighted by Crippen LogP contribution is -2.44. The topological polar surface area (TPSA) is 86.6 Å². The number of carbonyl (C=O) groups is 2. The van der Waals surface area contributed by atoms with Gasteiger partial charge in [0.05, 0.1) is 12.5 Å². The molecule has 1 amide bonds. The van der Waals surface area contributed by atoms with Crippen LogP contribution in [0, 0.1) is 5.92 Å². The van der Waals surface area contributed by atoms with Crippen molar-refractivity contribution < 1.29 is 19.8 Å². The fourth-order valence-electron chi connectivity index (χ4n) is 2.05. The number of benzene rings is 1. The maximum Gasteiger partial charge on any atom is 0.328 e. The van der Waals surface area contributed by atoms with Crippen LogP contribution in [-0.2, 0) is 16.0 Å². The smallest absolute Gasteiger partial charge is 0.328 e. The van der Waals surface area contributed by atoms with E-state index in [-0.39, 0.29) is 0 Å². The zero-order valence-electron chi connectivity index (χ0n) is 12.7. The summed E-state index contributed by atoms with van der Waals surface area (Å²) in [6.45, 7) is 5.38. The number of carboxylic acid groups (broad SMARTS) is 1. The molecule has 0 aliphatic carbocycles. The van der Waals surface area contributed by atoms with Gasteiger partial charge in [-0.3, -0.25) is 4.79 Å². The molecule has 2 atom stereocenters. The number of aliphatic hydroxyl groups is 1. The molecule has 0 heterocycles. The SMILES string of the molecule is CC(C)Cc1ccc(C(C)C(=O)N[C@@H](CO)C(=O)O)cc1. The van der Waals surface area contributed by atoms with Crippen LogP contribution < -0.4 is 5.32 Å². The van der Waals surface area contributed by atoms with Gasteiger partial charge in [0.2, 0.25) is 5.91 Å². The highest BCUT2D eigenvalue weighted by molar-refractivity contribution is 5.87. The van der Waals surface area contributed by atoms with E-state index in [0.717, 1.165) is 12.0 Å². The number of nitrogens with one attached hydrogen (secondary N) is 1. The number of carbonyl (C=O) groups excluding carboxylic acids is 1. The molecule has 5 heteroatoms. The van der Waals surface area contributed by atoms with Crippen molar-refractivity contribution in [1.82, 2.24) is 5.32 Å². The van der Waals surface area contributed by atoms with E-state index in [1.807, 2.05) is 24.3 Å². The average molecular weight is 293 g/mol. The molecule has 1 unspecified atom stereocenters. The van der Waals surface area contributed by atoms with E-state index >= 15 is 0 Å². The van der Waals surface area contributed by atoms with Crippen LogP contribution in [0.3, 0.4) is 0 Å². The van der Waals surface area contributed by atoms with E-state index in [1.54, 1.807) is 6.92 Å². The largest absolute Gasteiger partial charge is 0.480 e. The molecule has 0 saturated carbocycles. The maximum atomic E-state index is 12.0. The molecule has 116 valence electrons. The summed E-state index contributed by atoms with van der Waals surface area (Å²) in [5, 5.41) is 20.1. The molecule has 0 aliphatic heterocycles. The third-order valence-corrected chi connectivity index (χ3v) is 3.31. The fraction of sp³-hybridized carbons (Fsp3) is 0.500. The van der Waals surface area contributed by atoms with Gasteiger partial charge in [-0.15, -0.1) is 0 Å². The van der Waals surface area contributed by atoms with Gasteiger partial charge in [0, 0.05) is 0 Å². The Morgan fingerprint density at radius 1 is 1.14 bits per heavy atom. The first-order chi connectivity index (χ1) is 9.85. The lowest BCUT2D eigenvalue weighted by atomic mass is 9.96.